The van der Waals surface area contributed by atoms with Crippen LogP contribution in [0.4, 0.5) is 17.6 Å². The number of pyridine rings is 1. The molecule has 2 N–H and O–H groups in total. The highest BCUT2D eigenvalue weighted by Gasteiger charge is 2.38. The number of piperidine rings is 1. The van der Waals surface area contributed by atoms with E-state index in [4.69, 9.17) is 22.1 Å². The fraction of sp³-hybridized carbons (Fsp3) is 0.591. The molecule has 0 saturated carbocycles. The number of hydrogen-bond acceptors (Lipinski definition) is 8. The van der Waals surface area contributed by atoms with E-state index in [1.54, 1.807) is 17.8 Å². The van der Waals surface area contributed by atoms with E-state index in [2.05, 4.69) is 19.8 Å². The van der Waals surface area contributed by atoms with Gasteiger partial charge in [0.2, 0.25) is 5.95 Å². The first-order valence-corrected chi connectivity index (χ1v) is 12.4. The highest BCUT2D eigenvalue weighted by Crippen LogP contribution is 2.41. The summed E-state index contributed by atoms with van der Waals surface area (Å²) in [5.74, 6) is 1.64. The molecule has 172 valence electrons. The average Bonchev–Trinajstić information content (AvgIpc) is 3.48. The number of aromatic nitrogens is 3. The van der Waals surface area contributed by atoms with Crippen molar-refractivity contribution in [3.63, 3.8) is 0 Å². The lowest BCUT2D eigenvalue weighted by Crippen LogP contribution is -2.43. The Balaban J connectivity index is 1.39. The monoisotopic (exact) mass is 476 g/mol. The van der Waals surface area contributed by atoms with Crippen molar-refractivity contribution < 1.29 is 4.74 Å². The maximum Gasteiger partial charge on any atom is 0.270 e. The van der Waals surface area contributed by atoms with Gasteiger partial charge in [-0.2, -0.15) is 4.98 Å². The highest BCUT2D eigenvalue weighted by molar-refractivity contribution is 7.99. The number of nitrogen functional groups attached to an aromatic ring is 1. The van der Waals surface area contributed by atoms with Crippen LogP contribution in [-0.4, -0.2) is 53.9 Å². The Bertz CT molecular complexity index is 1060. The maximum absolute atomic E-state index is 13.3. The normalized spacial score (nSPS) is 20.4. The fourth-order valence-electron chi connectivity index (χ4n) is 4.94. The average molecular weight is 477 g/mol. The number of anilines is 3. The third-order valence-corrected chi connectivity index (χ3v) is 8.63. The molecule has 3 aliphatic rings. The Morgan fingerprint density at radius 2 is 1.91 bits per heavy atom. The van der Waals surface area contributed by atoms with Gasteiger partial charge in [0.25, 0.3) is 5.56 Å². The summed E-state index contributed by atoms with van der Waals surface area (Å²) in [6, 6.07) is 1.83. The van der Waals surface area contributed by atoms with E-state index in [9.17, 15) is 4.79 Å². The molecule has 8 nitrogen and oxygen atoms in total. The fourth-order valence-corrected chi connectivity index (χ4v) is 6.19. The topological polar surface area (TPSA) is 89.5 Å². The van der Waals surface area contributed by atoms with E-state index in [1.165, 1.54) is 11.8 Å². The van der Waals surface area contributed by atoms with Crippen molar-refractivity contribution in [1.82, 2.24) is 14.5 Å². The summed E-state index contributed by atoms with van der Waals surface area (Å²) in [6.07, 6.45) is 7.23. The molecule has 5 heterocycles. The smallest absolute Gasteiger partial charge is 0.270 e. The minimum Gasteiger partial charge on any atom is -0.382 e. The van der Waals surface area contributed by atoms with Crippen molar-refractivity contribution in [3.8, 4) is 0 Å². The van der Waals surface area contributed by atoms with Crippen LogP contribution >= 0.6 is 23.4 Å². The summed E-state index contributed by atoms with van der Waals surface area (Å²) >= 11 is 7.95. The SMILES string of the molecule is Cn1c(N2CCC3(CCOC3)CC2)nc(N)c(Sc2ccnc(N3CCCC3)c2Cl)c1=O. The Kier molecular flexibility index (Phi) is 5.98. The van der Waals surface area contributed by atoms with Gasteiger partial charge >= 0.3 is 0 Å². The zero-order valence-corrected chi connectivity index (χ0v) is 19.9. The van der Waals surface area contributed by atoms with Gasteiger partial charge in [0.15, 0.2) is 0 Å². The van der Waals surface area contributed by atoms with Crippen LogP contribution in [-0.2, 0) is 11.8 Å². The molecular weight excluding hydrogens is 448 g/mol. The van der Waals surface area contributed by atoms with Gasteiger partial charge in [-0.25, -0.2) is 4.98 Å². The molecule has 1 spiro atoms. The molecule has 2 aromatic heterocycles. The zero-order valence-electron chi connectivity index (χ0n) is 18.3. The Hall–Kier alpha value is -1.97. The number of hydrogen-bond donors (Lipinski definition) is 1. The van der Waals surface area contributed by atoms with E-state index in [-0.39, 0.29) is 11.4 Å². The molecule has 5 rings (SSSR count). The van der Waals surface area contributed by atoms with Crippen LogP contribution in [0.2, 0.25) is 5.02 Å². The number of ether oxygens (including phenoxy) is 1. The van der Waals surface area contributed by atoms with E-state index < -0.39 is 0 Å². The second-order valence-electron chi connectivity index (χ2n) is 9.02. The first kappa shape index (κ1) is 21.9. The van der Waals surface area contributed by atoms with Crippen LogP contribution in [0.3, 0.4) is 0 Å². The number of nitrogens with zero attached hydrogens (tertiary/aromatic N) is 5. The molecular formula is C22H29ClN6O2S. The van der Waals surface area contributed by atoms with E-state index in [0.717, 1.165) is 82.2 Å². The molecule has 0 radical (unpaired) electrons. The quantitative estimate of drug-likeness (QED) is 0.719. The Morgan fingerprint density at radius 1 is 1.16 bits per heavy atom. The molecule has 32 heavy (non-hydrogen) atoms. The van der Waals surface area contributed by atoms with Crippen LogP contribution < -0.4 is 21.1 Å². The van der Waals surface area contributed by atoms with Gasteiger partial charge in [0, 0.05) is 50.9 Å². The Labute approximate surface area is 197 Å². The van der Waals surface area contributed by atoms with Gasteiger partial charge in [-0.05, 0) is 43.6 Å². The van der Waals surface area contributed by atoms with Gasteiger partial charge in [-0.15, -0.1) is 0 Å². The molecule has 0 amide bonds. The summed E-state index contributed by atoms with van der Waals surface area (Å²) in [5.41, 5.74) is 6.45. The lowest BCUT2D eigenvalue weighted by molar-refractivity contribution is 0.133. The van der Waals surface area contributed by atoms with Crippen molar-refractivity contribution in [2.45, 2.75) is 41.9 Å². The molecule has 0 unspecified atom stereocenters. The maximum atomic E-state index is 13.3. The van der Waals surface area contributed by atoms with Gasteiger partial charge < -0.3 is 20.3 Å². The molecule has 3 fully saturated rings. The summed E-state index contributed by atoms with van der Waals surface area (Å²) in [7, 11) is 1.76. The third-order valence-electron chi connectivity index (χ3n) is 7.00. The Morgan fingerprint density at radius 3 is 2.59 bits per heavy atom. The molecule has 0 atom stereocenters. The zero-order chi connectivity index (χ0) is 22.3. The standard InChI is InChI=1S/C22H29ClN6O2S/c1-27-20(30)17(32-15-4-8-25-19(16(15)23)28-9-2-3-10-28)18(24)26-21(27)29-11-5-22(6-12-29)7-13-31-14-22/h4,8H,2-3,5-7,9-14,24H2,1H3. The molecule has 2 aromatic rings. The van der Waals surface area contributed by atoms with Gasteiger partial charge in [-0.1, -0.05) is 23.4 Å². The molecule has 3 saturated heterocycles. The summed E-state index contributed by atoms with van der Waals surface area (Å²) in [4.78, 5) is 27.9. The highest BCUT2D eigenvalue weighted by atomic mass is 35.5. The van der Waals surface area contributed by atoms with Gasteiger partial charge in [-0.3, -0.25) is 9.36 Å². The van der Waals surface area contributed by atoms with Crippen molar-refractivity contribution in [1.29, 1.82) is 0 Å². The summed E-state index contributed by atoms with van der Waals surface area (Å²) in [5, 5.41) is 0.560. The largest absolute Gasteiger partial charge is 0.382 e. The first-order chi connectivity index (χ1) is 15.5. The molecule has 0 bridgehead atoms. The van der Waals surface area contributed by atoms with Crippen LogP contribution in [0, 0.1) is 5.41 Å². The summed E-state index contributed by atoms with van der Waals surface area (Å²) < 4.78 is 7.24. The lowest BCUT2D eigenvalue weighted by atomic mass is 9.78. The molecule has 10 heteroatoms. The molecule has 3 aliphatic heterocycles. The van der Waals surface area contributed by atoms with Gasteiger partial charge in [0.05, 0.1) is 11.6 Å². The minimum atomic E-state index is -0.155. The lowest BCUT2D eigenvalue weighted by Gasteiger charge is -2.39. The molecule has 0 aliphatic carbocycles. The van der Waals surface area contributed by atoms with Crippen LogP contribution in [0.1, 0.15) is 32.1 Å². The summed E-state index contributed by atoms with van der Waals surface area (Å²) in [6.45, 7) is 5.30. The van der Waals surface area contributed by atoms with E-state index in [0.29, 0.717) is 21.3 Å². The first-order valence-electron chi connectivity index (χ1n) is 11.2. The van der Waals surface area contributed by atoms with E-state index >= 15 is 0 Å². The predicted molar refractivity (Wildman–Crippen MR) is 128 cm³/mol. The van der Waals surface area contributed by atoms with Crippen molar-refractivity contribution in [3.05, 3.63) is 27.6 Å². The van der Waals surface area contributed by atoms with Crippen molar-refractivity contribution in [2.75, 3.05) is 54.9 Å². The second-order valence-corrected chi connectivity index (χ2v) is 10.5. The minimum absolute atomic E-state index is 0.155. The number of rotatable bonds is 4. The van der Waals surface area contributed by atoms with Crippen LogP contribution in [0.15, 0.2) is 26.8 Å². The van der Waals surface area contributed by atoms with E-state index in [1.807, 2.05) is 6.07 Å². The van der Waals surface area contributed by atoms with Crippen molar-refractivity contribution >= 4 is 40.9 Å². The predicted octanol–water partition coefficient (Wildman–Crippen LogP) is 3.17. The van der Waals surface area contributed by atoms with Gasteiger partial charge in [0.1, 0.15) is 16.5 Å². The van der Waals surface area contributed by atoms with Crippen LogP contribution in [0.5, 0.6) is 0 Å². The van der Waals surface area contributed by atoms with Crippen LogP contribution in [0.25, 0.3) is 0 Å². The number of halogens is 1. The third kappa shape index (κ3) is 3.95. The second kappa shape index (κ2) is 8.76. The molecule has 0 aromatic carbocycles. The van der Waals surface area contributed by atoms with Crippen molar-refractivity contribution in [2.24, 2.45) is 12.5 Å². The number of nitrogens with two attached hydrogens (primary N) is 1.